The second kappa shape index (κ2) is 6.24. The molecule has 1 N–H and O–H groups in total. The molecule has 0 saturated heterocycles. The number of hydrazone groups is 1. The van der Waals surface area contributed by atoms with Gasteiger partial charge in [0.05, 0.1) is 11.7 Å². The van der Waals surface area contributed by atoms with Crippen molar-refractivity contribution in [3.05, 3.63) is 78.0 Å². The monoisotopic (exact) mass is 315 g/mol. The summed E-state index contributed by atoms with van der Waals surface area (Å²) in [5.41, 5.74) is 5.76. The third-order valence-corrected chi connectivity index (χ3v) is 4.37. The summed E-state index contributed by atoms with van der Waals surface area (Å²) in [6.07, 6.45) is 4.34. The summed E-state index contributed by atoms with van der Waals surface area (Å²) in [5.74, 6) is 0.348. The molecular formula is C20H17N3O. The molecule has 4 heteroatoms. The number of amides is 1. The van der Waals surface area contributed by atoms with Crippen molar-refractivity contribution < 1.29 is 4.79 Å². The molecule has 1 amide bonds. The van der Waals surface area contributed by atoms with Gasteiger partial charge in [-0.25, -0.2) is 5.43 Å². The van der Waals surface area contributed by atoms with E-state index >= 15 is 0 Å². The molecule has 0 bridgehead atoms. The van der Waals surface area contributed by atoms with Crippen LogP contribution in [0.15, 0.2) is 72.0 Å². The number of fused-ring (bicyclic) bond motifs is 1. The van der Waals surface area contributed by atoms with Gasteiger partial charge in [-0.15, -0.1) is 0 Å². The largest absolute Gasteiger partial charge is 0.273 e. The highest BCUT2D eigenvalue weighted by molar-refractivity contribution is 5.89. The van der Waals surface area contributed by atoms with E-state index in [1.807, 2.05) is 48.5 Å². The van der Waals surface area contributed by atoms with Crippen LogP contribution in [0, 0.1) is 5.92 Å². The number of aromatic nitrogens is 1. The van der Waals surface area contributed by atoms with Crippen LogP contribution in [0.25, 0.3) is 10.9 Å². The van der Waals surface area contributed by atoms with Gasteiger partial charge in [0.25, 0.3) is 0 Å². The first-order valence-corrected chi connectivity index (χ1v) is 8.04. The number of benzene rings is 2. The molecule has 1 saturated carbocycles. The lowest BCUT2D eigenvalue weighted by Gasteiger charge is -2.01. The van der Waals surface area contributed by atoms with Gasteiger partial charge in [0.2, 0.25) is 5.91 Å². The number of nitrogens with zero attached hydrogens (tertiary/aromatic N) is 2. The standard InChI is InChI=1S/C20H17N3O/c24-20(18-12-17(18)15-5-2-1-3-6-15)23-22-13-14-8-9-19-16(11-14)7-4-10-21-19/h1-11,13,17-18H,12H2,(H,23,24)/b22-13-/t17-,18+/m1/s1. The number of hydrogen-bond donors (Lipinski definition) is 1. The van der Waals surface area contributed by atoms with Crippen LogP contribution < -0.4 is 5.43 Å². The van der Waals surface area contributed by atoms with Crippen molar-refractivity contribution in [1.29, 1.82) is 0 Å². The van der Waals surface area contributed by atoms with E-state index in [1.54, 1.807) is 12.4 Å². The van der Waals surface area contributed by atoms with Crippen LogP contribution in [0.4, 0.5) is 0 Å². The SMILES string of the molecule is O=C(N/N=C\c1ccc2ncccc2c1)[C@H]1C[C@@H]1c1ccccc1. The van der Waals surface area contributed by atoms with Crippen molar-refractivity contribution in [2.24, 2.45) is 11.0 Å². The first kappa shape index (κ1) is 14.6. The third kappa shape index (κ3) is 3.04. The second-order valence-electron chi connectivity index (χ2n) is 6.05. The predicted molar refractivity (Wildman–Crippen MR) is 94.8 cm³/mol. The number of carbonyl (C=O) groups excluding carboxylic acids is 1. The highest BCUT2D eigenvalue weighted by Crippen LogP contribution is 2.47. The smallest absolute Gasteiger partial charge is 0.243 e. The molecule has 2 atom stereocenters. The number of rotatable bonds is 4. The van der Waals surface area contributed by atoms with E-state index in [4.69, 9.17) is 0 Å². The Labute approximate surface area is 140 Å². The lowest BCUT2D eigenvalue weighted by Crippen LogP contribution is -2.20. The molecule has 3 aromatic rings. The molecule has 0 spiro atoms. The minimum atomic E-state index is -0.0115. The van der Waals surface area contributed by atoms with E-state index < -0.39 is 0 Å². The maximum atomic E-state index is 12.2. The third-order valence-electron chi connectivity index (χ3n) is 4.37. The first-order chi connectivity index (χ1) is 11.8. The Hall–Kier alpha value is -3.01. The molecule has 4 rings (SSSR count). The van der Waals surface area contributed by atoms with E-state index in [-0.39, 0.29) is 11.8 Å². The molecule has 24 heavy (non-hydrogen) atoms. The number of pyridine rings is 1. The van der Waals surface area contributed by atoms with Crippen molar-refractivity contribution >= 4 is 23.0 Å². The second-order valence-corrected chi connectivity index (χ2v) is 6.05. The normalized spacial score (nSPS) is 19.5. The Morgan fingerprint density at radius 1 is 1.12 bits per heavy atom. The van der Waals surface area contributed by atoms with Crippen LogP contribution >= 0.6 is 0 Å². The molecule has 0 unspecified atom stereocenters. The van der Waals surface area contributed by atoms with E-state index in [9.17, 15) is 4.79 Å². The average Bonchev–Trinajstić information content (AvgIpc) is 3.43. The van der Waals surface area contributed by atoms with Gasteiger partial charge in [-0.1, -0.05) is 42.5 Å². The van der Waals surface area contributed by atoms with Crippen molar-refractivity contribution in [3.8, 4) is 0 Å². The van der Waals surface area contributed by atoms with Gasteiger partial charge in [-0.3, -0.25) is 9.78 Å². The zero-order chi connectivity index (χ0) is 16.4. The van der Waals surface area contributed by atoms with Gasteiger partial charge in [0.15, 0.2) is 0 Å². The maximum absolute atomic E-state index is 12.2. The molecule has 4 nitrogen and oxygen atoms in total. The predicted octanol–water partition coefficient (Wildman–Crippen LogP) is 3.49. The minimum Gasteiger partial charge on any atom is -0.273 e. The molecule has 2 aromatic carbocycles. The highest BCUT2D eigenvalue weighted by Gasteiger charge is 2.43. The number of carbonyl (C=O) groups is 1. The Morgan fingerprint density at radius 2 is 2.00 bits per heavy atom. The molecule has 1 aliphatic rings. The van der Waals surface area contributed by atoms with Crippen LogP contribution in [0.3, 0.4) is 0 Å². The summed E-state index contributed by atoms with van der Waals surface area (Å²) >= 11 is 0. The van der Waals surface area contributed by atoms with E-state index in [1.165, 1.54) is 5.56 Å². The Bertz CT molecular complexity index is 905. The molecule has 1 aliphatic carbocycles. The fourth-order valence-electron chi connectivity index (χ4n) is 2.98. The topological polar surface area (TPSA) is 54.4 Å². The highest BCUT2D eigenvalue weighted by atomic mass is 16.2. The van der Waals surface area contributed by atoms with Crippen LogP contribution in [0.1, 0.15) is 23.5 Å². The van der Waals surface area contributed by atoms with Crippen molar-refractivity contribution in [3.63, 3.8) is 0 Å². The first-order valence-electron chi connectivity index (χ1n) is 8.04. The summed E-state index contributed by atoms with van der Waals surface area (Å²) < 4.78 is 0. The molecule has 1 aromatic heterocycles. The zero-order valence-electron chi connectivity index (χ0n) is 13.1. The summed E-state index contributed by atoms with van der Waals surface area (Å²) in [4.78, 5) is 16.4. The van der Waals surface area contributed by atoms with Crippen LogP contribution in [0.2, 0.25) is 0 Å². The molecule has 1 fully saturated rings. The summed E-state index contributed by atoms with van der Waals surface area (Å²) in [5, 5.41) is 5.15. The fourth-order valence-corrected chi connectivity index (χ4v) is 2.98. The molecule has 1 heterocycles. The molecule has 0 aliphatic heterocycles. The van der Waals surface area contributed by atoms with Crippen LogP contribution in [-0.4, -0.2) is 17.1 Å². The van der Waals surface area contributed by atoms with Gasteiger partial charge >= 0.3 is 0 Å². The lowest BCUT2D eigenvalue weighted by atomic mass is 10.1. The summed E-state index contributed by atoms with van der Waals surface area (Å²) in [6.45, 7) is 0. The number of nitrogens with one attached hydrogen (secondary N) is 1. The van der Waals surface area contributed by atoms with Gasteiger partial charge in [0, 0.05) is 17.5 Å². The zero-order valence-corrected chi connectivity index (χ0v) is 13.1. The van der Waals surface area contributed by atoms with Gasteiger partial charge < -0.3 is 0 Å². The lowest BCUT2D eigenvalue weighted by molar-refractivity contribution is -0.122. The average molecular weight is 315 g/mol. The fraction of sp³-hybridized carbons (Fsp3) is 0.150. The van der Waals surface area contributed by atoms with Crippen molar-refractivity contribution in [2.75, 3.05) is 0 Å². The van der Waals surface area contributed by atoms with Crippen molar-refractivity contribution in [2.45, 2.75) is 12.3 Å². The Morgan fingerprint density at radius 3 is 2.88 bits per heavy atom. The Balaban J connectivity index is 1.37. The van der Waals surface area contributed by atoms with E-state index in [0.717, 1.165) is 22.9 Å². The maximum Gasteiger partial charge on any atom is 0.243 e. The van der Waals surface area contributed by atoms with Crippen LogP contribution in [0.5, 0.6) is 0 Å². The van der Waals surface area contributed by atoms with Crippen molar-refractivity contribution in [1.82, 2.24) is 10.4 Å². The van der Waals surface area contributed by atoms with E-state index in [0.29, 0.717) is 5.92 Å². The molecular weight excluding hydrogens is 298 g/mol. The Kier molecular flexibility index (Phi) is 3.79. The van der Waals surface area contributed by atoms with Gasteiger partial charge in [-0.05, 0) is 41.7 Å². The minimum absolute atomic E-state index is 0.0115. The summed E-state index contributed by atoms with van der Waals surface area (Å²) in [6, 6.07) is 20.0. The quantitative estimate of drug-likeness (QED) is 0.592. The van der Waals surface area contributed by atoms with Gasteiger partial charge in [0.1, 0.15) is 0 Å². The number of hydrogen-bond acceptors (Lipinski definition) is 3. The molecule has 118 valence electrons. The van der Waals surface area contributed by atoms with E-state index in [2.05, 4.69) is 27.6 Å². The summed E-state index contributed by atoms with van der Waals surface area (Å²) in [7, 11) is 0. The van der Waals surface area contributed by atoms with Gasteiger partial charge in [-0.2, -0.15) is 5.10 Å². The molecule has 0 radical (unpaired) electrons. The van der Waals surface area contributed by atoms with Crippen LogP contribution in [-0.2, 0) is 4.79 Å².